The molecule has 1 atom stereocenters. The lowest BCUT2D eigenvalue weighted by Gasteiger charge is -2.22. The van der Waals surface area contributed by atoms with Gasteiger partial charge < -0.3 is 20.4 Å². The molecule has 5 heteroatoms. The Balaban J connectivity index is 1.63. The number of hydrogen-bond donors (Lipinski definition) is 3. The maximum absolute atomic E-state index is 6.47. The minimum atomic E-state index is -0.112. The summed E-state index contributed by atoms with van der Waals surface area (Å²) in [4.78, 5) is 7.02. The van der Waals surface area contributed by atoms with E-state index in [0.29, 0.717) is 16.5 Å². The van der Waals surface area contributed by atoms with Crippen LogP contribution in [0.25, 0.3) is 21.8 Å². The van der Waals surface area contributed by atoms with E-state index in [1.165, 1.54) is 16.5 Å². The Morgan fingerprint density at radius 1 is 0.771 bits per heavy atom. The monoisotopic (exact) mass is 477 g/mol. The summed E-state index contributed by atoms with van der Waals surface area (Å²) >= 11 is 6.47. The predicted octanol–water partition coefficient (Wildman–Crippen LogP) is 8.17. The number of para-hydroxylation sites is 4. The van der Waals surface area contributed by atoms with E-state index < -0.39 is 0 Å². The standard InChI is InChI=1S/C30H24ClN3O/c1-18-29(22-16-19(31)14-15-26(22)34-18)30(23-17-33-25-11-5-2-8-20(23)25)21-9-3-6-12-27(21)35-28-13-7-4-10-24(28)32/h2-17,30,33-34H,32H2,1H3/t30-/m0/s1. The first kappa shape index (κ1) is 21.4. The first-order chi connectivity index (χ1) is 17.1. The molecule has 4 nitrogen and oxygen atoms in total. The van der Waals surface area contributed by atoms with E-state index in [9.17, 15) is 0 Å². The summed E-state index contributed by atoms with van der Waals surface area (Å²) in [7, 11) is 0. The number of fused-ring (bicyclic) bond motifs is 2. The second-order valence-corrected chi connectivity index (χ2v) is 9.19. The maximum atomic E-state index is 6.47. The number of H-pyrrole nitrogens is 2. The SMILES string of the molecule is Cc1[nH]c2ccc(Cl)cc2c1[C@@H](c1ccccc1Oc1ccccc1N)c1c[nH]c2ccccc12. The summed E-state index contributed by atoms with van der Waals surface area (Å²) in [6, 6.07) is 30.1. The molecule has 0 bridgehead atoms. The zero-order valence-corrected chi connectivity index (χ0v) is 19.9. The Kier molecular flexibility index (Phi) is 5.24. The van der Waals surface area contributed by atoms with Gasteiger partial charge in [0.05, 0.1) is 5.69 Å². The van der Waals surface area contributed by atoms with Crippen LogP contribution in [0.4, 0.5) is 5.69 Å². The molecule has 0 unspecified atom stereocenters. The van der Waals surface area contributed by atoms with Gasteiger partial charge in [-0.1, -0.05) is 60.1 Å². The van der Waals surface area contributed by atoms with Crippen LogP contribution in [0.2, 0.25) is 5.02 Å². The number of nitrogens with two attached hydrogens (primary N) is 1. The van der Waals surface area contributed by atoms with Gasteiger partial charge in [-0.15, -0.1) is 0 Å². The number of aryl methyl sites for hydroxylation is 1. The van der Waals surface area contributed by atoms with E-state index >= 15 is 0 Å². The molecule has 4 N–H and O–H groups in total. The summed E-state index contributed by atoms with van der Waals surface area (Å²) < 4.78 is 6.43. The molecule has 4 aromatic carbocycles. The Morgan fingerprint density at radius 3 is 2.37 bits per heavy atom. The van der Waals surface area contributed by atoms with Crippen molar-refractivity contribution >= 4 is 39.1 Å². The molecule has 0 amide bonds. The van der Waals surface area contributed by atoms with Crippen LogP contribution >= 0.6 is 11.6 Å². The van der Waals surface area contributed by atoms with E-state index in [4.69, 9.17) is 22.1 Å². The highest BCUT2D eigenvalue weighted by Crippen LogP contribution is 2.45. The van der Waals surface area contributed by atoms with Gasteiger partial charge in [-0.25, -0.2) is 0 Å². The third-order valence-electron chi connectivity index (χ3n) is 6.59. The number of ether oxygens (including phenoxy) is 1. The molecule has 0 saturated heterocycles. The van der Waals surface area contributed by atoms with E-state index in [-0.39, 0.29) is 5.92 Å². The van der Waals surface area contributed by atoms with E-state index in [0.717, 1.165) is 33.4 Å². The number of halogens is 1. The highest BCUT2D eigenvalue weighted by molar-refractivity contribution is 6.31. The van der Waals surface area contributed by atoms with Gasteiger partial charge in [-0.05, 0) is 60.5 Å². The molecule has 0 saturated carbocycles. The zero-order valence-electron chi connectivity index (χ0n) is 19.2. The Morgan fingerprint density at radius 2 is 1.51 bits per heavy atom. The number of nitrogen functional groups attached to an aromatic ring is 1. The molecule has 0 aliphatic rings. The third kappa shape index (κ3) is 3.72. The molecule has 6 aromatic rings. The van der Waals surface area contributed by atoms with Crippen LogP contribution in [-0.2, 0) is 0 Å². The zero-order chi connectivity index (χ0) is 23.9. The summed E-state index contributed by atoms with van der Waals surface area (Å²) in [6.07, 6.45) is 2.10. The van der Waals surface area contributed by atoms with Gasteiger partial charge in [-0.3, -0.25) is 0 Å². The van der Waals surface area contributed by atoms with Crippen LogP contribution in [0.5, 0.6) is 11.5 Å². The number of hydrogen-bond acceptors (Lipinski definition) is 2. The molecule has 0 aliphatic heterocycles. The average molecular weight is 478 g/mol. The molecule has 0 fully saturated rings. The van der Waals surface area contributed by atoms with E-state index in [1.54, 1.807) is 0 Å². The number of anilines is 1. The van der Waals surface area contributed by atoms with Crippen LogP contribution in [0.1, 0.15) is 28.3 Å². The average Bonchev–Trinajstić information content (AvgIpc) is 3.43. The fourth-order valence-corrected chi connectivity index (χ4v) is 5.18. The fourth-order valence-electron chi connectivity index (χ4n) is 5.01. The van der Waals surface area contributed by atoms with Gasteiger partial charge in [0, 0.05) is 50.2 Å². The second kappa shape index (κ2) is 8.57. The second-order valence-electron chi connectivity index (χ2n) is 8.75. The van der Waals surface area contributed by atoms with Crippen molar-refractivity contribution in [2.75, 3.05) is 5.73 Å². The van der Waals surface area contributed by atoms with Crippen molar-refractivity contribution in [3.05, 3.63) is 125 Å². The van der Waals surface area contributed by atoms with Gasteiger partial charge in [0.25, 0.3) is 0 Å². The normalized spacial score (nSPS) is 12.3. The van der Waals surface area contributed by atoms with Crippen LogP contribution in [-0.4, -0.2) is 9.97 Å². The van der Waals surface area contributed by atoms with Crippen LogP contribution in [0.15, 0.2) is 97.2 Å². The third-order valence-corrected chi connectivity index (χ3v) is 6.82. The molecular formula is C30H24ClN3O. The highest BCUT2D eigenvalue weighted by Gasteiger charge is 2.28. The van der Waals surface area contributed by atoms with E-state index in [1.807, 2.05) is 60.7 Å². The lowest BCUT2D eigenvalue weighted by Crippen LogP contribution is -2.06. The van der Waals surface area contributed by atoms with Crippen LogP contribution in [0, 0.1) is 6.92 Å². The van der Waals surface area contributed by atoms with Crippen molar-refractivity contribution in [2.45, 2.75) is 12.8 Å². The largest absolute Gasteiger partial charge is 0.455 e. The predicted molar refractivity (Wildman–Crippen MR) is 145 cm³/mol. The smallest absolute Gasteiger partial charge is 0.150 e. The topological polar surface area (TPSA) is 66.8 Å². The molecule has 172 valence electrons. The fraction of sp³-hybridized carbons (Fsp3) is 0.0667. The summed E-state index contributed by atoms with van der Waals surface area (Å²) in [5, 5.41) is 2.97. The minimum absolute atomic E-state index is 0.112. The first-order valence-corrected chi connectivity index (χ1v) is 11.9. The van der Waals surface area contributed by atoms with Crippen molar-refractivity contribution in [3.63, 3.8) is 0 Å². The molecule has 2 aromatic heterocycles. The number of nitrogens with one attached hydrogen (secondary N) is 2. The number of aromatic amines is 2. The van der Waals surface area contributed by atoms with Gasteiger partial charge in [0.2, 0.25) is 0 Å². The number of aromatic nitrogens is 2. The number of benzene rings is 4. The van der Waals surface area contributed by atoms with Gasteiger partial charge in [0.1, 0.15) is 11.5 Å². The summed E-state index contributed by atoms with van der Waals surface area (Å²) in [5.41, 5.74) is 13.4. The highest BCUT2D eigenvalue weighted by atomic mass is 35.5. The van der Waals surface area contributed by atoms with Crippen molar-refractivity contribution in [2.24, 2.45) is 0 Å². The lowest BCUT2D eigenvalue weighted by molar-refractivity contribution is 0.478. The van der Waals surface area contributed by atoms with Crippen molar-refractivity contribution in [1.29, 1.82) is 0 Å². The Hall–Kier alpha value is -4.15. The Bertz CT molecular complexity index is 1680. The molecular weight excluding hydrogens is 454 g/mol. The summed E-state index contributed by atoms with van der Waals surface area (Å²) in [5.74, 6) is 1.28. The van der Waals surface area contributed by atoms with Gasteiger partial charge in [0.15, 0.2) is 0 Å². The molecule has 2 heterocycles. The molecule has 35 heavy (non-hydrogen) atoms. The van der Waals surface area contributed by atoms with Gasteiger partial charge in [-0.2, -0.15) is 0 Å². The molecule has 0 spiro atoms. The van der Waals surface area contributed by atoms with Crippen molar-refractivity contribution < 1.29 is 4.74 Å². The number of rotatable bonds is 5. The van der Waals surface area contributed by atoms with E-state index in [2.05, 4.69) is 53.4 Å². The van der Waals surface area contributed by atoms with Gasteiger partial charge >= 0.3 is 0 Å². The molecule has 6 rings (SSSR count). The Labute approximate surface area is 208 Å². The molecule has 0 radical (unpaired) electrons. The summed E-state index contributed by atoms with van der Waals surface area (Å²) in [6.45, 7) is 2.11. The van der Waals surface area contributed by atoms with Crippen molar-refractivity contribution in [1.82, 2.24) is 9.97 Å². The quantitative estimate of drug-likeness (QED) is 0.219. The van der Waals surface area contributed by atoms with Crippen LogP contribution in [0.3, 0.4) is 0 Å². The molecule has 0 aliphatic carbocycles. The van der Waals surface area contributed by atoms with Crippen molar-refractivity contribution in [3.8, 4) is 11.5 Å². The lowest BCUT2D eigenvalue weighted by atomic mass is 9.83. The minimum Gasteiger partial charge on any atom is -0.455 e. The van der Waals surface area contributed by atoms with Crippen LogP contribution < -0.4 is 10.5 Å². The first-order valence-electron chi connectivity index (χ1n) is 11.5. The maximum Gasteiger partial charge on any atom is 0.150 e.